The highest BCUT2D eigenvalue weighted by Gasteiger charge is 2.24. The number of rotatable bonds is 7. The van der Waals surface area contributed by atoms with Gasteiger partial charge in [0.05, 0.1) is 29.2 Å². The number of hydrogen-bond acceptors (Lipinski definition) is 5. The fourth-order valence-corrected chi connectivity index (χ4v) is 3.60. The Kier molecular flexibility index (Phi) is 6.35. The molecule has 1 aromatic carbocycles. The Balaban J connectivity index is 1.75. The summed E-state index contributed by atoms with van der Waals surface area (Å²) >= 11 is 0. The van der Waals surface area contributed by atoms with Crippen LogP contribution in [0.15, 0.2) is 67.3 Å². The van der Waals surface area contributed by atoms with Crippen molar-refractivity contribution in [1.29, 1.82) is 0 Å². The summed E-state index contributed by atoms with van der Waals surface area (Å²) < 4.78 is 36.5. The number of aromatic nitrogens is 2. The van der Waals surface area contributed by atoms with Gasteiger partial charge < -0.3 is 9.47 Å². The molecular formula is C23H21F2N3O3. The Bertz CT molecular complexity index is 1010. The van der Waals surface area contributed by atoms with E-state index in [4.69, 9.17) is 4.74 Å². The third-order valence-electron chi connectivity index (χ3n) is 5.01. The maximum atomic E-state index is 13.3. The molecule has 160 valence electrons. The lowest BCUT2D eigenvalue weighted by molar-refractivity contribution is -0.0520. The van der Waals surface area contributed by atoms with Crippen molar-refractivity contribution in [3.8, 4) is 11.5 Å². The molecule has 2 aromatic heterocycles. The number of benzene rings is 1. The van der Waals surface area contributed by atoms with E-state index in [1.165, 1.54) is 17.2 Å². The average molecular weight is 425 g/mol. The number of ether oxygens (including phenoxy) is 2. The second-order valence-electron chi connectivity index (χ2n) is 7.13. The smallest absolute Gasteiger partial charge is 0.387 e. The Hall–Kier alpha value is -3.55. The molecule has 4 rings (SSSR count). The zero-order valence-corrected chi connectivity index (χ0v) is 16.7. The molecule has 3 aromatic rings. The second-order valence-corrected chi connectivity index (χ2v) is 7.13. The molecule has 0 saturated heterocycles. The SMILES string of the molecule is O=C(c1cccnc1)N(c1cccnc1)c1ccc(OC(F)F)c(OC2CCCC2)c1. The zero-order valence-electron chi connectivity index (χ0n) is 16.7. The number of alkyl halides is 2. The van der Waals surface area contributed by atoms with Crippen molar-refractivity contribution in [1.82, 2.24) is 9.97 Å². The minimum Gasteiger partial charge on any atom is -0.486 e. The lowest BCUT2D eigenvalue weighted by Gasteiger charge is -2.24. The minimum absolute atomic E-state index is 0.0642. The van der Waals surface area contributed by atoms with Crippen LogP contribution < -0.4 is 14.4 Å². The topological polar surface area (TPSA) is 64.6 Å². The van der Waals surface area contributed by atoms with Crippen molar-refractivity contribution in [2.45, 2.75) is 38.4 Å². The molecule has 1 fully saturated rings. The minimum atomic E-state index is -2.98. The number of carbonyl (C=O) groups excluding carboxylic acids is 1. The van der Waals surface area contributed by atoms with E-state index in [1.807, 2.05) is 0 Å². The molecule has 1 aliphatic carbocycles. The van der Waals surface area contributed by atoms with E-state index < -0.39 is 6.61 Å². The van der Waals surface area contributed by atoms with Gasteiger partial charge in [0.2, 0.25) is 0 Å². The zero-order chi connectivity index (χ0) is 21.6. The van der Waals surface area contributed by atoms with Gasteiger partial charge in [0.25, 0.3) is 5.91 Å². The molecule has 0 bridgehead atoms. The van der Waals surface area contributed by atoms with Gasteiger partial charge in [-0.05, 0) is 62.1 Å². The van der Waals surface area contributed by atoms with Gasteiger partial charge in [-0.15, -0.1) is 0 Å². The largest absolute Gasteiger partial charge is 0.486 e. The molecular weight excluding hydrogens is 404 g/mol. The maximum absolute atomic E-state index is 13.3. The molecule has 8 heteroatoms. The van der Waals surface area contributed by atoms with Gasteiger partial charge in [-0.2, -0.15) is 8.78 Å². The van der Waals surface area contributed by atoms with Crippen molar-refractivity contribution in [3.63, 3.8) is 0 Å². The van der Waals surface area contributed by atoms with Crippen LogP contribution >= 0.6 is 0 Å². The van der Waals surface area contributed by atoms with E-state index in [2.05, 4.69) is 14.7 Å². The van der Waals surface area contributed by atoms with Gasteiger partial charge in [-0.3, -0.25) is 19.7 Å². The van der Waals surface area contributed by atoms with Crippen LogP contribution in [0.3, 0.4) is 0 Å². The summed E-state index contributed by atoms with van der Waals surface area (Å²) in [4.78, 5) is 22.9. The van der Waals surface area contributed by atoms with Crippen molar-refractivity contribution >= 4 is 17.3 Å². The van der Waals surface area contributed by atoms with Crippen molar-refractivity contribution in [2.24, 2.45) is 0 Å². The van der Waals surface area contributed by atoms with Gasteiger partial charge in [0, 0.05) is 24.7 Å². The van der Waals surface area contributed by atoms with Gasteiger partial charge in [0.1, 0.15) is 0 Å². The quantitative estimate of drug-likeness (QED) is 0.509. The number of anilines is 2. The highest BCUT2D eigenvalue weighted by molar-refractivity contribution is 6.10. The molecule has 1 saturated carbocycles. The molecule has 31 heavy (non-hydrogen) atoms. The van der Waals surface area contributed by atoms with E-state index >= 15 is 0 Å². The number of pyridine rings is 2. The summed E-state index contributed by atoms with van der Waals surface area (Å²) in [5, 5.41) is 0. The summed E-state index contributed by atoms with van der Waals surface area (Å²) in [6.07, 6.45) is 9.87. The predicted octanol–water partition coefficient (Wildman–Crippen LogP) is 5.38. The summed E-state index contributed by atoms with van der Waals surface area (Å²) in [7, 11) is 0. The van der Waals surface area contributed by atoms with E-state index in [0.29, 0.717) is 16.9 Å². The Morgan fingerprint density at radius 2 is 1.71 bits per heavy atom. The lowest BCUT2D eigenvalue weighted by Crippen LogP contribution is -2.26. The van der Waals surface area contributed by atoms with Crippen LogP contribution in [0.2, 0.25) is 0 Å². The summed E-state index contributed by atoms with van der Waals surface area (Å²) in [5.74, 6) is -0.223. The first-order valence-electron chi connectivity index (χ1n) is 10.0. The third-order valence-corrected chi connectivity index (χ3v) is 5.01. The number of amides is 1. The van der Waals surface area contributed by atoms with Crippen molar-refractivity contribution in [3.05, 3.63) is 72.8 Å². The number of carbonyl (C=O) groups is 1. The van der Waals surface area contributed by atoms with Crippen LogP contribution in [0.5, 0.6) is 11.5 Å². The number of halogens is 2. The van der Waals surface area contributed by atoms with E-state index in [0.717, 1.165) is 25.7 Å². The van der Waals surface area contributed by atoms with E-state index in [9.17, 15) is 13.6 Å². The highest BCUT2D eigenvalue weighted by atomic mass is 19.3. The standard InChI is InChI=1S/C23H21F2N3O3/c24-23(25)31-20-10-9-17(13-21(20)30-19-7-1-2-8-19)28(18-6-4-12-27-15-18)22(29)16-5-3-11-26-14-16/h3-6,9-15,19,23H,1-2,7-8H2. The first-order valence-corrected chi connectivity index (χ1v) is 10.0. The molecule has 0 spiro atoms. The van der Waals surface area contributed by atoms with Gasteiger partial charge in [0.15, 0.2) is 11.5 Å². The molecule has 0 atom stereocenters. The van der Waals surface area contributed by atoms with Crippen molar-refractivity contribution < 1.29 is 23.0 Å². The van der Waals surface area contributed by atoms with Crippen LogP contribution in [-0.2, 0) is 0 Å². The summed E-state index contributed by atoms with van der Waals surface area (Å²) in [6.45, 7) is -2.98. The average Bonchev–Trinajstić information content (AvgIpc) is 3.30. The Morgan fingerprint density at radius 1 is 0.968 bits per heavy atom. The lowest BCUT2D eigenvalue weighted by atomic mass is 10.2. The molecule has 0 radical (unpaired) electrons. The van der Waals surface area contributed by atoms with Crippen LogP contribution in [-0.4, -0.2) is 28.6 Å². The van der Waals surface area contributed by atoms with Crippen LogP contribution in [0.25, 0.3) is 0 Å². The number of nitrogens with zero attached hydrogens (tertiary/aromatic N) is 3. The fraction of sp³-hybridized carbons (Fsp3) is 0.261. The molecule has 1 amide bonds. The molecule has 0 N–H and O–H groups in total. The molecule has 0 unspecified atom stereocenters. The van der Waals surface area contributed by atoms with Gasteiger partial charge in [-0.1, -0.05) is 0 Å². The van der Waals surface area contributed by atoms with Crippen LogP contribution in [0, 0.1) is 0 Å². The van der Waals surface area contributed by atoms with Crippen LogP contribution in [0.1, 0.15) is 36.0 Å². The van der Waals surface area contributed by atoms with Gasteiger partial charge >= 0.3 is 6.61 Å². The fourth-order valence-electron chi connectivity index (χ4n) is 3.60. The van der Waals surface area contributed by atoms with Gasteiger partial charge in [-0.25, -0.2) is 0 Å². The van der Waals surface area contributed by atoms with E-state index in [-0.39, 0.29) is 23.5 Å². The van der Waals surface area contributed by atoms with Crippen molar-refractivity contribution in [2.75, 3.05) is 4.90 Å². The normalized spacial score (nSPS) is 13.9. The first-order chi connectivity index (χ1) is 15.1. The monoisotopic (exact) mass is 425 g/mol. The third kappa shape index (κ3) is 4.96. The predicted molar refractivity (Wildman–Crippen MR) is 111 cm³/mol. The Labute approximate surface area is 178 Å². The molecule has 2 heterocycles. The number of hydrogen-bond donors (Lipinski definition) is 0. The summed E-state index contributed by atoms with van der Waals surface area (Å²) in [6, 6.07) is 11.3. The molecule has 0 aliphatic heterocycles. The van der Waals surface area contributed by atoms with Crippen LogP contribution in [0.4, 0.5) is 20.2 Å². The highest BCUT2D eigenvalue weighted by Crippen LogP contribution is 2.38. The second kappa shape index (κ2) is 9.51. The maximum Gasteiger partial charge on any atom is 0.387 e. The van der Waals surface area contributed by atoms with E-state index in [1.54, 1.807) is 55.0 Å². The summed E-state index contributed by atoms with van der Waals surface area (Å²) in [5.41, 5.74) is 1.33. The first kappa shape index (κ1) is 20.7. The molecule has 1 aliphatic rings. The Morgan fingerprint density at radius 3 is 2.35 bits per heavy atom. The molecule has 6 nitrogen and oxygen atoms in total.